The van der Waals surface area contributed by atoms with Gasteiger partial charge in [-0.05, 0) is 35.9 Å². The maximum Gasteiger partial charge on any atom is 0.231 e. The fraction of sp³-hybridized carbons (Fsp3) is 0. The molecule has 118 valence electrons. The van der Waals surface area contributed by atoms with Crippen LogP contribution in [-0.2, 0) is 0 Å². The van der Waals surface area contributed by atoms with Gasteiger partial charge in [-0.1, -0.05) is 30.3 Å². The minimum absolute atomic E-state index is 0.364. The number of rotatable bonds is 4. The number of nitrogens with zero attached hydrogens (tertiary/aromatic N) is 2. The van der Waals surface area contributed by atoms with E-state index < -0.39 is 0 Å². The van der Waals surface area contributed by atoms with E-state index in [1.165, 1.54) is 6.33 Å². The van der Waals surface area contributed by atoms with Crippen LogP contribution < -0.4 is 10.3 Å². The van der Waals surface area contributed by atoms with Gasteiger partial charge >= 0.3 is 0 Å². The maximum atomic E-state index is 12.3. The van der Waals surface area contributed by atoms with Crippen molar-refractivity contribution in [2.24, 2.45) is 0 Å². The SMILES string of the molecule is FNc1ccc(Oc2ncnc3[nH]c(-c4ccccc4)cc23)cc1. The smallest absolute Gasteiger partial charge is 0.231 e. The largest absolute Gasteiger partial charge is 0.438 e. The zero-order valence-corrected chi connectivity index (χ0v) is 12.5. The molecule has 0 aliphatic heterocycles. The van der Waals surface area contributed by atoms with E-state index in [4.69, 9.17) is 4.74 Å². The van der Waals surface area contributed by atoms with Crippen LogP contribution in [0.1, 0.15) is 0 Å². The van der Waals surface area contributed by atoms with Gasteiger partial charge in [0.1, 0.15) is 17.7 Å². The summed E-state index contributed by atoms with van der Waals surface area (Å²) in [7, 11) is 0. The van der Waals surface area contributed by atoms with Gasteiger partial charge in [0.2, 0.25) is 5.88 Å². The minimum atomic E-state index is 0.364. The Morgan fingerprint density at radius 1 is 0.958 bits per heavy atom. The van der Waals surface area contributed by atoms with Crippen molar-refractivity contribution < 1.29 is 9.22 Å². The Kier molecular flexibility index (Phi) is 3.55. The molecule has 0 aliphatic rings. The fourth-order valence-electron chi connectivity index (χ4n) is 2.47. The molecule has 0 bridgehead atoms. The van der Waals surface area contributed by atoms with Crippen LogP contribution in [0.4, 0.5) is 10.2 Å². The minimum Gasteiger partial charge on any atom is -0.438 e. The van der Waals surface area contributed by atoms with Crippen molar-refractivity contribution in [1.82, 2.24) is 15.0 Å². The Hall–Kier alpha value is -3.41. The molecule has 0 unspecified atom stereocenters. The average Bonchev–Trinajstić information content (AvgIpc) is 3.08. The number of ether oxygens (including phenoxy) is 1. The first-order chi connectivity index (χ1) is 11.8. The van der Waals surface area contributed by atoms with Crippen LogP contribution >= 0.6 is 0 Å². The zero-order valence-electron chi connectivity index (χ0n) is 12.5. The lowest BCUT2D eigenvalue weighted by Crippen LogP contribution is -1.90. The van der Waals surface area contributed by atoms with Crippen molar-refractivity contribution in [1.29, 1.82) is 0 Å². The van der Waals surface area contributed by atoms with E-state index in [1.807, 2.05) is 36.4 Å². The summed E-state index contributed by atoms with van der Waals surface area (Å²) < 4.78 is 18.2. The Labute approximate surface area is 137 Å². The summed E-state index contributed by atoms with van der Waals surface area (Å²) in [5.74, 6) is 1.01. The number of hydrogen-bond acceptors (Lipinski definition) is 4. The lowest BCUT2D eigenvalue weighted by molar-refractivity contribution is 0.468. The molecule has 5 nitrogen and oxygen atoms in total. The third kappa shape index (κ3) is 2.65. The molecule has 4 aromatic rings. The standard InChI is InChI=1S/C18H13FN4O/c19-23-13-6-8-14(9-7-13)24-18-15-10-16(12-4-2-1-3-5-12)22-17(15)20-11-21-18/h1-11,23H,(H,20,21,22). The topological polar surface area (TPSA) is 62.8 Å². The highest BCUT2D eigenvalue weighted by molar-refractivity contribution is 5.87. The third-order valence-corrected chi connectivity index (χ3v) is 3.65. The summed E-state index contributed by atoms with van der Waals surface area (Å²) >= 11 is 0. The molecule has 6 heteroatoms. The monoisotopic (exact) mass is 320 g/mol. The number of benzene rings is 2. The molecule has 2 heterocycles. The first-order valence-corrected chi connectivity index (χ1v) is 7.37. The normalized spacial score (nSPS) is 10.7. The van der Waals surface area contributed by atoms with Gasteiger partial charge in [-0.3, -0.25) is 0 Å². The molecule has 4 rings (SSSR count). The Morgan fingerprint density at radius 3 is 2.50 bits per heavy atom. The number of aromatic amines is 1. The number of H-pyrrole nitrogens is 1. The fourth-order valence-corrected chi connectivity index (χ4v) is 2.47. The summed E-state index contributed by atoms with van der Waals surface area (Å²) in [5.41, 5.74) is 4.64. The quantitative estimate of drug-likeness (QED) is 0.534. The van der Waals surface area contributed by atoms with Gasteiger partial charge in [-0.15, -0.1) is 4.48 Å². The maximum absolute atomic E-state index is 12.3. The van der Waals surface area contributed by atoms with Gasteiger partial charge in [-0.25, -0.2) is 15.5 Å². The summed E-state index contributed by atoms with van der Waals surface area (Å²) in [6.07, 6.45) is 1.44. The number of hydrogen-bond donors (Lipinski definition) is 2. The second-order valence-corrected chi connectivity index (χ2v) is 5.21. The summed E-state index contributed by atoms with van der Waals surface area (Å²) in [5, 5.41) is 0.782. The Bertz CT molecular complexity index is 967. The van der Waals surface area contributed by atoms with E-state index in [1.54, 1.807) is 29.8 Å². The van der Waals surface area contributed by atoms with Gasteiger partial charge in [0.25, 0.3) is 0 Å². The molecule has 0 saturated heterocycles. The summed E-state index contributed by atoms with van der Waals surface area (Å²) in [6.45, 7) is 0. The zero-order chi connectivity index (χ0) is 16.4. The van der Waals surface area contributed by atoms with Crippen molar-refractivity contribution in [3.8, 4) is 22.9 Å². The van der Waals surface area contributed by atoms with E-state index >= 15 is 0 Å². The van der Waals surface area contributed by atoms with Crippen LogP contribution in [0.3, 0.4) is 0 Å². The highest BCUT2D eigenvalue weighted by Gasteiger charge is 2.11. The molecule has 0 saturated carbocycles. The molecule has 2 aromatic heterocycles. The van der Waals surface area contributed by atoms with Gasteiger partial charge in [0, 0.05) is 5.69 Å². The van der Waals surface area contributed by atoms with E-state index in [-0.39, 0.29) is 0 Å². The highest BCUT2D eigenvalue weighted by Crippen LogP contribution is 2.30. The number of halogens is 1. The first kappa shape index (κ1) is 14.2. The van der Waals surface area contributed by atoms with Gasteiger partial charge in [-0.2, -0.15) is 0 Å². The number of nitrogens with one attached hydrogen (secondary N) is 2. The van der Waals surface area contributed by atoms with Gasteiger partial charge < -0.3 is 9.72 Å². The molecule has 0 radical (unpaired) electrons. The van der Waals surface area contributed by atoms with Crippen LogP contribution in [0.25, 0.3) is 22.3 Å². The highest BCUT2D eigenvalue weighted by atomic mass is 19.2. The van der Waals surface area contributed by atoms with E-state index in [9.17, 15) is 4.48 Å². The summed E-state index contributed by atoms with van der Waals surface area (Å²) in [4.78, 5) is 11.7. The van der Waals surface area contributed by atoms with Crippen molar-refractivity contribution in [2.45, 2.75) is 0 Å². The predicted octanol–water partition coefficient (Wildman–Crippen LogP) is 4.71. The van der Waals surface area contributed by atoms with Gasteiger partial charge in [0.05, 0.1) is 11.1 Å². The van der Waals surface area contributed by atoms with E-state index in [0.717, 1.165) is 16.6 Å². The van der Waals surface area contributed by atoms with Crippen LogP contribution in [0.2, 0.25) is 0 Å². The lowest BCUT2D eigenvalue weighted by Gasteiger charge is -2.05. The molecule has 0 aliphatic carbocycles. The molecule has 0 spiro atoms. The number of anilines is 1. The summed E-state index contributed by atoms with van der Waals surface area (Å²) in [6, 6.07) is 18.4. The predicted molar refractivity (Wildman–Crippen MR) is 90.6 cm³/mol. The van der Waals surface area contributed by atoms with Crippen molar-refractivity contribution in [2.75, 3.05) is 5.54 Å². The average molecular weight is 320 g/mol. The van der Waals surface area contributed by atoms with Crippen LogP contribution in [-0.4, -0.2) is 15.0 Å². The molecule has 2 N–H and O–H groups in total. The Morgan fingerprint density at radius 2 is 1.75 bits per heavy atom. The van der Waals surface area contributed by atoms with Crippen LogP contribution in [0.5, 0.6) is 11.6 Å². The molecule has 24 heavy (non-hydrogen) atoms. The number of aromatic nitrogens is 3. The van der Waals surface area contributed by atoms with Gasteiger partial charge in [0.15, 0.2) is 0 Å². The molecule has 2 aromatic carbocycles. The second kappa shape index (κ2) is 6.00. The molecular formula is C18H13FN4O. The molecule has 0 atom stereocenters. The number of fused-ring (bicyclic) bond motifs is 1. The van der Waals surface area contributed by atoms with Crippen molar-refractivity contribution >= 4 is 16.7 Å². The third-order valence-electron chi connectivity index (χ3n) is 3.65. The molecular weight excluding hydrogens is 307 g/mol. The van der Waals surface area contributed by atoms with Crippen LogP contribution in [0, 0.1) is 0 Å². The van der Waals surface area contributed by atoms with Crippen molar-refractivity contribution in [3.63, 3.8) is 0 Å². The van der Waals surface area contributed by atoms with Crippen molar-refractivity contribution in [3.05, 3.63) is 67.0 Å². The van der Waals surface area contributed by atoms with Crippen LogP contribution in [0.15, 0.2) is 67.0 Å². The van der Waals surface area contributed by atoms with E-state index in [0.29, 0.717) is 23.0 Å². The lowest BCUT2D eigenvalue weighted by atomic mass is 10.1. The first-order valence-electron chi connectivity index (χ1n) is 7.37. The van der Waals surface area contributed by atoms with E-state index in [2.05, 4.69) is 15.0 Å². The molecule has 0 fully saturated rings. The second-order valence-electron chi connectivity index (χ2n) is 5.21. The molecule has 0 amide bonds. The Balaban J connectivity index is 1.71.